The number of methoxy groups -OCH3 is 1. The number of hydrogen-bond acceptors (Lipinski definition) is 6. The monoisotopic (exact) mass is 476 g/mol. The Kier molecular flexibility index (Phi) is 9.24. The zero-order valence-electron chi connectivity index (χ0n) is 19.7. The SMILES string of the molecule is CCOC(=O)Oc1ccc(C(=O)Nc2cccc(CNC(=O)CCc3ccc(OC)cc3)c2)cc1. The van der Waals surface area contributed by atoms with Gasteiger partial charge < -0.3 is 24.8 Å². The van der Waals surface area contributed by atoms with Gasteiger partial charge in [-0.1, -0.05) is 24.3 Å². The Hall–Kier alpha value is -4.33. The zero-order valence-corrected chi connectivity index (χ0v) is 19.7. The average molecular weight is 477 g/mol. The second-order valence-electron chi connectivity index (χ2n) is 7.59. The first-order chi connectivity index (χ1) is 17.0. The maximum absolute atomic E-state index is 12.6. The zero-order chi connectivity index (χ0) is 25.0. The highest BCUT2D eigenvalue weighted by molar-refractivity contribution is 6.04. The van der Waals surface area contributed by atoms with Gasteiger partial charge in [-0.05, 0) is 73.0 Å². The summed E-state index contributed by atoms with van der Waals surface area (Å²) >= 11 is 0. The van der Waals surface area contributed by atoms with Crippen LogP contribution >= 0.6 is 0 Å². The molecule has 3 aromatic carbocycles. The normalized spacial score (nSPS) is 10.2. The van der Waals surface area contributed by atoms with E-state index in [1.165, 1.54) is 12.1 Å². The van der Waals surface area contributed by atoms with Crippen molar-refractivity contribution in [2.45, 2.75) is 26.3 Å². The standard InChI is InChI=1S/C27H28N2O6/c1-3-34-27(32)35-24-14-10-21(11-15-24)26(31)29-22-6-4-5-20(17-22)18-28-25(30)16-9-19-7-12-23(33-2)13-8-19/h4-8,10-15,17H,3,9,16,18H2,1-2H3,(H,28,30)(H,29,31). The molecule has 0 saturated heterocycles. The molecule has 0 heterocycles. The van der Waals surface area contributed by atoms with E-state index in [0.717, 1.165) is 16.9 Å². The molecule has 0 spiro atoms. The van der Waals surface area contributed by atoms with Gasteiger partial charge >= 0.3 is 6.16 Å². The third-order valence-corrected chi connectivity index (χ3v) is 5.05. The van der Waals surface area contributed by atoms with Crippen molar-refractivity contribution in [2.75, 3.05) is 19.0 Å². The van der Waals surface area contributed by atoms with E-state index in [2.05, 4.69) is 10.6 Å². The predicted molar refractivity (Wildman–Crippen MR) is 132 cm³/mol. The van der Waals surface area contributed by atoms with Crippen molar-refractivity contribution < 1.29 is 28.6 Å². The summed E-state index contributed by atoms with van der Waals surface area (Å²) in [7, 11) is 1.62. The van der Waals surface area contributed by atoms with E-state index >= 15 is 0 Å². The van der Waals surface area contributed by atoms with Gasteiger partial charge in [0.05, 0.1) is 13.7 Å². The van der Waals surface area contributed by atoms with Crippen molar-refractivity contribution in [3.63, 3.8) is 0 Å². The van der Waals surface area contributed by atoms with Gasteiger partial charge in [-0.3, -0.25) is 9.59 Å². The maximum atomic E-state index is 12.6. The highest BCUT2D eigenvalue weighted by Gasteiger charge is 2.10. The fraction of sp³-hybridized carbons (Fsp3) is 0.222. The summed E-state index contributed by atoms with van der Waals surface area (Å²) in [5.41, 5.74) is 2.93. The average Bonchev–Trinajstić information content (AvgIpc) is 2.87. The Balaban J connectivity index is 1.47. The van der Waals surface area contributed by atoms with Crippen LogP contribution in [0.1, 0.15) is 34.8 Å². The first-order valence-electron chi connectivity index (χ1n) is 11.2. The van der Waals surface area contributed by atoms with Crippen LogP contribution in [0, 0.1) is 0 Å². The molecule has 3 rings (SSSR count). The lowest BCUT2D eigenvalue weighted by Crippen LogP contribution is -2.23. The van der Waals surface area contributed by atoms with Crippen LogP contribution in [0.4, 0.5) is 10.5 Å². The van der Waals surface area contributed by atoms with Crippen LogP contribution in [-0.2, 0) is 22.5 Å². The minimum Gasteiger partial charge on any atom is -0.497 e. The topological polar surface area (TPSA) is 103 Å². The van der Waals surface area contributed by atoms with Gasteiger partial charge in [-0.25, -0.2) is 4.79 Å². The molecule has 0 saturated carbocycles. The number of rotatable bonds is 10. The molecule has 0 aliphatic heterocycles. The lowest BCUT2D eigenvalue weighted by atomic mass is 10.1. The summed E-state index contributed by atoms with van der Waals surface area (Å²) in [4.78, 5) is 36.2. The van der Waals surface area contributed by atoms with Crippen LogP contribution in [0.25, 0.3) is 0 Å². The quantitative estimate of drug-likeness (QED) is 0.324. The van der Waals surface area contributed by atoms with Crippen LogP contribution < -0.4 is 20.1 Å². The predicted octanol–water partition coefficient (Wildman–Crippen LogP) is 4.73. The lowest BCUT2D eigenvalue weighted by molar-refractivity contribution is -0.121. The molecule has 0 unspecified atom stereocenters. The molecule has 2 N–H and O–H groups in total. The second-order valence-corrected chi connectivity index (χ2v) is 7.59. The van der Waals surface area contributed by atoms with Gasteiger partial charge in [0.25, 0.3) is 5.91 Å². The van der Waals surface area contributed by atoms with Crippen molar-refractivity contribution in [3.05, 3.63) is 89.5 Å². The van der Waals surface area contributed by atoms with Crippen molar-refractivity contribution in [1.29, 1.82) is 0 Å². The minimum absolute atomic E-state index is 0.0552. The Morgan fingerprint density at radius 3 is 2.26 bits per heavy atom. The van der Waals surface area contributed by atoms with Crippen LogP contribution in [0.5, 0.6) is 11.5 Å². The molecule has 0 atom stereocenters. The van der Waals surface area contributed by atoms with Crippen LogP contribution in [0.2, 0.25) is 0 Å². The molecule has 0 aromatic heterocycles. The molecule has 3 aromatic rings. The first kappa shape index (κ1) is 25.3. The summed E-state index contributed by atoms with van der Waals surface area (Å²) in [5, 5.41) is 5.74. The van der Waals surface area contributed by atoms with E-state index in [1.54, 1.807) is 38.3 Å². The Labute approximate surface area is 204 Å². The molecular weight excluding hydrogens is 448 g/mol. The molecule has 0 bridgehead atoms. The molecule has 182 valence electrons. The smallest absolute Gasteiger partial charge is 0.497 e. The van der Waals surface area contributed by atoms with Gasteiger partial charge in [0, 0.05) is 24.2 Å². The van der Waals surface area contributed by atoms with Crippen molar-refractivity contribution in [1.82, 2.24) is 5.32 Å². The molecule has 8 heteroatoms. The molecule has 0 fully saturated rings. The van der Waals surface area contributed by atoms with Gasteiger partial charge in [-0.2, -0.15) is 0 Å². The van der Waals surface area contributed by atoms with Gasteiger partial charge in [0.15, 0.2) is 0 Å². The van der Waals surface area contributed by atoms with E-state index in [1.807, 2.05) is 36.4 Å². The summed E-state index contributed by atoms with van der Waals surface area (Å²) in [5.74, 6) is 0.698. The van der Waals surface area contributed by atoms with Gasteiger partial charge in [0.2, 0.25) is 5.91 Å². The summed E-state index contributed by atoms with van der Waals surface area (Å²) in [6.45, 7) is 2.25. The number of anilines is 1. The minimum atomic E-state index is -0.797. The third kappa shape index (κ3) is 8.19. The van der Waals surface area contributed by atoms with Crippen molar-refractivity contribution in [3.8, 4) is 11.5 Å². The highest BCUT2D eigenvalue weighted by atomic mass is 16.7. The first-order valence-corrected chi connectivity index (χ1v) is 11.2. The highest BCUT2D eigenvalue weighted by Crippen LogP contribution is 2.16. The number of hydrogen-bond donors (Lipinski definition) is 2. The van der Waals surface area contributed by atoms with Crippen LogP contribution in [-0.4, -0.2) is 31.7 Å². The van der Waals surface area contributed by atoms with E-state index in [4.69, 9.17) is 14.2 Å². The second kappa shape index (κ2) is 12.8. The molecule has 0 aliphatic rings. The third-order valence-electron chi connectivity index (χ3n) is 5.05. The molecule has 2 amide bonds. The number of nitrogens with one attached hydrogen (secondary N) is 2. The van der Waals surface area contributed by atoms with Crippen LogP contribution in [0.3, 0.4) is 0 Å². The Bertz CT molecular complexity index is 1140. The van der Waals surface area contributed by atoms with Gasteiger partial charge in [-0.15, -0.1) is 0 Å². The molecule has 8 nitrogen and oxygen atoms in total. The van der Waals surface area contributed by atoms with Gasteiger partial charge in [0.1, 0.15) is 11.5 Å². The number of ether oxygens (including phenoxy) is 3. The number of carbonyl (C=O) groups is 3. The van der Waals surface area contributed by atoms with Crippen molar-refractivity contribution in [2.24, 2.45) is 0 Å². The van der Waals surface area contributed by atoms with E-state index < -0.39 is 6.16 Å². The molecule has 35 heavy (non-hydrogen) atoms. The Morgan fingerprint density at radius 2 is 1.57 bits per heavy atom. The number of aryl methyl sites for hydroxylation is 1. The number of amides is 2. The van der Waals surface area contributed by atoms with E-state index in [0.29, 0.717) is 30.6 Å². The molecular formula is C27H28N2O6. The summed E-state index contributed by atoms with van der Waals surface area (Å²) < 4.78 is 14.8. The maximum Gasteiger partial charge on any atom is 0.513 e. The largest absolute Gasteiger partial charge is 0.513 e. The summed E-state index contributed by atoms with van der Waals surface area (Å²) in [6, 6.07) is 21.0. The summed E-state index contributed by atoms with van der Waals surface area (Å²) in [6.07, 6.45) is 0.211. The molecule has 0 aliphatic carbocycles. The number of carbonyl (C=O) groups excluding carboxylic acids is 3. The number of benzene rings is 3. The Morgan fingerprint density at radius 1 is 0.857 bits per heavy atom. The fourth-order valence-corrected chi connectivity index (χ4v) is 3.22. The fourth-order valence-electron chi connectivity index (χ4n) is 3.22. The van der Waals surface area contributed by atoms with Crippen LogP contribution in [0.15, 0.2) is 72.8 Å². The molecule has 0 radical (unpaired) electrons. The lowest BCUT2D eigenvalue weighted by Gasteiger charge is -2.10. The van der Waals surface area contributed by atoms with E-state index in [-0.39, 0.29) is 24.2 Å². The van der Waals surface area contributed by atoms with E-state index in [9.17, 15) is 14.4 Å². The van der Waals surface area contributed by atoms with Crippen molar-refractivity contribution >= 4 is 23.7 Å².